The van der Waals surface area contributed by atoms with E-state index in [0.29, 0.717) is 53.9 Å². The summed E-state index contributed by atoms with van der Waals surface area (Å²) in [5, 5.41) is 0.793. The van der Waals surface area contributed by atoms with Crippen molar-refractivity contribution in [2.75, 3.05) is 13.2 Å². The largest absolute Gasteiger partial charge is 0.466 e. The zero-order chi connectivity index (χ0) is 30.6. The van der Waals surface area contributed by atoms with E-state index in [9.17, 15) is 19.2 Å². The molecule has 0 aliphatic heterocycles. The highest BCUT2D eigenvalue weighted by molar-refractivity contribution is 5.89. The van der Waals surface area contributed by atoms with E-state index in [1.165, 1.54) is 0 Å². The molecule has 0 aliphatic rings. The molecule has 42 heavy (non-hydrogen) atoms. The fraction of sp³-hybridized carbons (Fsp3) is 0.353. The second-order valence-corrected chi connectivity index (χ2v) is 10.2. The van der Waals surface area contributed by atoms with Gasteiger partial charge in [0.1, 0.15) is 11.3 Å². The maximum Gasteiger partial charge on any atom is 0.344 e. The van der Waals surface area contributed by atoms with Gasteiger partial charge in [-0.3, -0.25) is 4.79 Å². The van der Waals surface area contributed by atoms with Gasteiger partial charge in [-0.2, -0.15) is 0 Å². The topological polar surface area (TPSA) is 109 Å². The third-order valence-electron chi connectivity index (χ3n) is 6.53. The molecule has 222 valence electrons. The first-order valence-corrected chi connectivity index (χ1v) is 14.1. The summed E-state index contributed by atoms with van der Waals surface area (Å²) in [5.74, 6) is -0.792. The van der Waals surface area contributed by atoms with E-state index in [4.69, 9.17) is 18.6 Å². The number of rotatable bonds is 15. The van der Waals surface area contributed by atoms with Crippen LogP contribution in [0.4, 0.5) is 0 Å². The van der Waals surface area contributed by atoms with Crippen LogP contribution in [0, 0.1) is 0 Å². The standard InChI is InChI=1S/C34H38O8/c1-6-30(35)39-17-9-7-11-24-19-26(12-8-10-18-40-32(36)22(2)3)31-27(20-24)21-29(34(38)42-31)25-13-15-28(16-14-25)41-33(37)23(4)5/h13-16,19-21H,2,4,6-12,17-18H2,1,3,5H3. The van der Waals surface area contributed by atoms with Gasteiger partial charge in [-0.05, 0) is 93.3 Å². The molecule has 0 aliphatic carbocycles. The lowest BCUT2D eigenvalue weighted by atomic mass is 9.97. The van der Waals surface area contributed by atoms with E-state index in [1.54, 1.807) is 45.0 Å². The Balaban J connectivity index is 1.83. The van der Waals surface area contributed by atoms with Crippen LogP contribution in [0.2, 0.25) is 0 Å². The molecule has 0 unspecified atom stereocenters. The van der Waals surface area contributed by atoms with Crippen molar-refractivity contribution in [3.63, 3.8) is 0 Å². The third kappa shape index (κ3) is 9.29. The number of aryl methyl sites for hydroxylation is 2. The summed E-state index contributed by atoms with van der Waals surface area (Å²) in [6.45, 7) is 12.8. The lowest BCUT2D eigenvalue weighted by Crippen LogP contribution is -2.08. The minimum Gasteiger partial charge on any atom is -0.466 e. The summed E-state index contributed by atoms with van der Waals surface area (Å²) < 4.78 is 21.5. The zero-order valence-corrected chi connectivity index (χ0v) is 24.6. The molecule has 1 aromatic heterocycles. The first kappa shape index (κ1) is 32.1. The molecule has 2 aromatic carbocycles. The summed E-state index contributed by atoms with van der Waals surface area (Å²) in [6, 6.07) is 12.5. The summed E-state index contributed by atoms with van der Waals surface area (Å²) in [7, 11) is 0. The molecule has 0 amide bonds. The van der Waals surface area contributed by atoms with Crippen LogP contribution in [-0.4, -0.2) is 31.1 Å². The minimum atomic E-state index is -0.523. The molecular formula is C34H38O8. The van der Waals surface area contributed by atoms with E-state index in [1.807, 2.05) is 18.2 Å². The molecule has 0 saturated carbocycles. The number of hydrogen-bond acceptors (Lipinski definition) is 8. The van der Waals surface area contributed by atoms with Crippen LogP contribution < -0.4 is 10.4 Å². The van der Waals surface area contributed by atoms with Gasteiger partial charge < -0.3 is 18.6 Å². The fourth-order valence-electron chi connectivity index (χ4n) is 4.23. The minimum absolute atomic E-state index is 0.207. The second kappa shape index (κ2) is 15.5. The van der Waals surface area contributed by atoms with Crippen molar-refractivity contribution in [3.05, 3.63) is 88.3 Å². The molecule has 0 bridgehead atoms. The van der Waals surface area contributed by atoms with E-state index < -0.39 is 17.6 Å². The number of carbonyl (C=O) groups excluding carboxylic acids is 3. The van der Waals surface area contributed by atoms with Crippen molar-refractivity contribution in [3.8, 4) is 16.9 Å². The van der Waals surface area contributed by atoms with Crippen molar-refractivity contribution in [2.45, 2.75) is 65.7 Å². The third-order valence-corrected chi connectivity index (χ3v) is 6.53. The Labute approximate surface area is 246 Å². The molecule has 1 heterocycles. The van der Waals surface area contributed by atoms with Crippen molar-refractivity contribution in [1.82, 2.24) is 0 Å². The fourth-order valence-corrected chi connectivity index (χ4v) is 4.23. The van der Waals surface area contributed by atoms with E-state index in [2.05, 4.69) is 13.2 Å². The first-order chi connectivity index (χ1) is 20.1. The van der Waals surface area contributed by atoms with Gasteiger partial charge in [-0.1, -0.05) is 38.3 Å². The number of carbonyl (C=O) groups is 3. The Morgan fingerprint density at radius 1 is 0.810 bits per heavy atom. The summed E-state index contributed by atoms with van der Waals surface area (Å²) in [5.41, 5.74) is 3.69. The highest BCUT2D eigenvalue weighted by Gasteiger charge is 2.14. The SMILES string of the molecule is C=C(C)C(=O)OCCCCc1cc(CCCCOC(=O)CC)cc2cc(-c3ccc(OC(=O)C(=C)C)cc3)c(=O)oc12. The average Bonchev–Trinajstić information content (AvgIpc) is 2.96. The quantitative estimate of drug-likeness (QED) is 0.0652. The Kier molecular flexibility index (Phi) is 11.8. The molecule has 0 saturated heterocycles. The monoisotopic (exact) mass is 574 g/mol. The van der Waals surface area contributed by atoms with Crippen LogP contribution in [0.5, 0.6) is 5.75 Å². The Morgan fingerprint density at radius 3 is 2.10 bits per heavy atom. The predicted molar refractivity (Wildman–Crippen MR) is 161 cm³/mol. The van der Waals surface area contributed by atoms with Crippen LogP contribution in [0.3, 0.4) is 0 Å². The maximum absolute atomic E-state index is 13.1. The normalized spacial score (nSPS) is 10.7. The summed E-state index contributed by atoms with van der Waals surface area (Å²) in [4.78, 5) is 48.0. The molecule has 0 N–H and O–H groups in total. The summed E-state index contributed by atoms with van der Waals surface area (Å²) >= 11 is 0. The average molecular weight is 575 g/mol. The molecule has 0 fully saturated rings. The molecule has 0 atom stereocenters. The van der Waals surface area contributed by atoms with Crippen molar-refractivity contribution in [2.24, 2.45) is 0 Å². The molecular weight excluding hydrogens is 536 g/mol. The van der Waals surface area contributed by atoms with Crippen LogP contribution in [0.25, 0.3) is 22.1 Å². The Hall–Kier alpha value is -4.46. The highest BCUT2D eigenvalue weighted by Crippen LogP contribution is 2.28. The lowest BCUT2D eigenvalue weighted by Gasteiger charge is -2.12. The van der Waals surface area contributed by atoms with Crippen LogP contribution in [0.15, 0.2) is 76.0 Å². The van der Waals surface area contributed by atoms with Gasteiger partial charge in [0.15, 0.2) is 0 Å². The van der Waals surface area contributed by atoms with Gasteiger partial charge >= 0.3 is 23.5 Å². The number of hydrogen-bond donors (Lipinski definition) is 0. The van der Waals surface area contributed by atoms with Gasteiger partial charge in [-0.25, -0.2) is 14.4 Å². The number of ether oxygens (including phenoxy) is 3. The molecule has 0 spiro atoms. The van der Waals surface area contributed by atoms with E-state index in [-0.39, 0.29) is 18.1 Å². The highest BCUT2D eigenvalue weighted by atomic mass is 16.5. The van der Waals surface area contributed by atoms with Gasteiger partial charge in [0.25, 0.3) is 0 Å². The number of fused-ring (bicyclic) bond motifs is 1. The van der Waals surface area contributed by atoms with Crippen LogP contribution in [0.1, 0.15) is 64.0 Å². The van der Waals surface area contributed by atoms with Gasteiger partial charge in [0.05, 0.1) is 18.8 Å². The number of unbranched alkanes of at least 4 members (excludes halogenated alkanes) is 2. The van der Waals surface area contributed by atoms with Crippen molar-refractivity contribution in [1.29, 1.82) is 0 Å². The second-order valence-electron chi connectivity index (χ2n) is 10.2. The Morgan fingerprint density at radius 2 is 1.45 bits per heavy atom. The molecule has 3 aromatic rings. The summed E-state index contributed by atoms with van der Waals surface area (Å²) in [6.07, 6.45) is 4.70. The van der Waals surface area contributed by atoms with Gasteiger partial charge in [0, 0.05) is 23.0 Å². The van der Waals surface area contributed by atoms with E-state index >= 15 is 0 Å². The van der Waals surface area contributed by atoms with Crippen LogP contribution in [-0.2, 0) is 36.7 Å². The van der Waals surface area contributed by atoms with Crippen molar-refractivity contribution < 1.29 is 33.0 Å². The molecule has 0 radical (unpaired) electrons. The predicted octanol–water partition coefficient (Wildman–Crippen LogP) is 6.66. The number of benzene rings is 2. The maximum atomic E-state index is 13.1. The number of esters is 3. The molecule has 3 rings (SSSR count). The molecule has 8 heteroatoms. The molecule has 8 nitrogen and oxygen atoms in total. The van der Waals surface area contributed by atoms with Gasteiger partial charge in [-0.15, -0.1) is 0 Å². The Bertz CT molecular complexity index is 1510. The van der Waals surface area contributed by atoms with Crippen LogP contribution >= 0.6 is 0 Å². The lowest BCUT2D eigenvalue weighted by molar-refractivity contribution is -0.143. The van der Waals surface area contributed by atoms with E-state index in [0.717, 1.165) is 42.2 Å². The zero-order valence-electron chi connectivity index (χ0n) is 24.6. The smallest absolute Gasteiger partial charge is 0.344 e. The first-order valence-electron chi connectivity index (χ1n) is 14.1. The van der Waals surface area contributed by atoms with Crippen molar-refractivity contribution >= 4 is 28.9 Å². The van der Waals surface area contributed by atoms with Gasteiger partial charge in [0.2, 0.25) is 0 Å².